The Morgan fingerprint density at radius 2 is 1.79 bits per heavy atom. The first-order chi connectivity index (χ1) is 11.6. The van der Waals surface area contributed by atoms with Gasteiger partial charge < -0.3 is 14.4 Å². The number of rotatable bonds is 5. The zero-order valence-electron chi connectivity index (χ0n) is 14.3. The van der Waals surface area contributed by atoms with E-state index in [0.29, 0.717) is 55.5 Å². The second-order valence-electron chi connectivity index (χ2n) is 6.70. The van der Waals surface area contributed by atoms with Crippen molar-refractivity contribution in [3.05, 3.63) is 23.8 Å². The smallest absolute Gasteiger partial charge is 0.222 e. The summed E-state index contributed by atoms with van der Waals surface area (Å²) in [5.74, 6) is 2.26. The van der Waals surface area contributed by atoms with Crippen LogP contribution in [-0.2, 0) is 4.79 Å². The van der Waals surface area contributed by atoms with Gasteiger partial charge in [0.2, 0.25) is 5.91 Å². The Morgan fingerprint density at radius 1 is 1.08 bits per heavy atom. The molecule has 1 aromatic carbocycles. The minimum Gasteiger partial charge on any atom is -0.486 e. The summed E-state index contributed by atoms with van der Waals surface area (Å²) in [4.78, 5) is 26.4. The molecule has 1 saturated heterocycles. The summed E-state index contributed by atoms with van der Waals surface area (Å²) in [5.41, 5.74) is 0.624. The number of ether oxygens (including phenoxy) is 2. The van der Waals surface area contributed by atoms with Gasteiger partial charge in [-0.1, -0.05) is 6.92 Å². The first-order valence-electron chi connectivity index (χ1n) is 8.84. The molecule has 0 atom stereocenters. The number of Topliss-reactive ketones (excluding diaryl/α,β-unsaturated/α-hetero) is 1. The van der Waals surface area contributed by atoms with Crippen LogP contribution in [-0.4, -0.2) is 42.9 Å². The summed E-state index contributed by atoms with van der Waals surface area (Å²) in [6.07, 6.45) is 3.60. The Hall–Kier alpha value is -2.04. The van der Waals surface area contributed by atoms with Gasteiger partial charge in [0.1, 0.15) is 13.2 Å². The average Bonchev–Trinajstić information content (AvgIpc) is 2.61. The maximum Gasteiger partial charge on any atom is 0.222 e. The minimum absolute atomic E-state index is 0.0482. The maximum atomic E-state index is 12.3. The molecule has 0 saturated carbocycles. The van der Waals surface area contributed by atoms with Crippen LogP contribution >= 0.6 is 0 Å². The lowest BCUT2D eigenvalue weighted by Gasteiger charge is -2.30. The van der Waals surface area contributed by atoms with Crippen LogP contribution in [0.3, 0.4) is 0 Å². The van der Waals surface area contributed by atoms with Crippen molar-refractivity contribution >= 4 is 11.7 Å². The van der Waals surface area contributed by atoms with Crippen molar-refractivity contribution in [1.82, 2.24) is 4.90 Å². The molecule has 1 aromatic rings. The van der Waals surface area contributed by atoms with E-state index in [1.54, 1.807) is 18.2 Å². The van der Waals surface area contributed by atoms with Crippen molar-refractivity contribution in [3.63, 3.8) is 0 Å². The summed E-state index contributed by atoms with van der Waals surface area (Å²) in [5, 5.41) is 0. The number of fused-ring (bicyclic) bond motifs is 1. The largest absolute Gasteiger partial charge is 0.486 e. The van der Waals surface area contributed by atoms with Gasteiger partial charge in [0.05, 0.1) is 0 Å². The zero-order chi connectivity index (χ0) is 16.9. The number of carbonyl (C=O) groups is 2. The first-order valence-corrected chi connectivity index (χ1v) is 8.84. The Kier molecular flexibility index (Phi) is 5.38. The Balaban J connectivity index is 1.46. The number of amides is 1. The molecule has 130 valence electrons. The van der Waals surface area contributed by atoms with Gasteiger partial charge in [0, 0.05) is 31.5 Å². The third-order valence-corrected chi connectivity index (χ3v) is 4.79. The van der Waals surface area contributed by atoms with Crippen LogP contribution in [0.25, 0.3) is 0 Å². The standard InChI is InChI=1S/C19H25NO4/c1-14-7-9-20(10-8-14)19(22)4-2-3-16(21)15-5-6-17-18(13-15)24-12-11-23-17/h5-6,13-14H,2-4,7-12H2,1H3. The molecule has 0 unspecified atom stereocenters. The number of carbonyl (C=O) groups excluding carboxylic acids is 2. The van der Waals surface area contributed by atoms with E-state index in [1.807, 2.05) is 4.90 Å². The quantitative estimate of drug-likeness (QED) is 0.778. The number of benzene rings is 1. The molecule has 2 aliphatic rings. The van der Waals surface area contributed by atoms with Crippen LogP contribution in [0.1, 0.15) is 49.4 Å². The molecule has 0 bridgehead atoms. The van der Waals surface area contributed by atoms with Crippen molar-refractivity contribution in [1.29, 1.82) is 0 Å². The predicted molar refractivity (Wildman–Crippen MR) is 90.6 cm³/mol. The van der Waals surface area contributed by atoms with Crippen LogP contribution < -0.4 is 9.47 Å². The van der Waals surface area contributed by atoms with Crippen molar-refractivity contribution in [2.24, 2.45) is 5.92 Å². The SMILES string of the molecule is CC1CCN(C(=O)CCCC(=O)c2ccc3c(c2)OCCO3)CC1. The summed E-state index contributed by atoms with van der Waals surface area (Å²) >= 11 is 0. The van der Waals surface area contributed by atoms with Gasteiger partial charge in [-0.2, -0.15) is 0 Å². The number of ketones is 1. The van der Waals surface area contributed by atoms with E-state index in [-0.39, 0.29) is 11.7 Å². The fraction of sp³-hybridized carbons (Fsp3) is 0.579. The predicted octanol–water partition coefficient (Wildman–Crippen LogP) is 3.07. The van der Waals surface area contributed by atoms with Crippen LogP contribution in [0.2, 0.25) is 0 Å². The number of likely N-dealkylation sites (tertiary alicyclic amines) is 1. The molecule has 2 heterocycles. The number of piperidine rings is 1. The summed E-state index contributed by atoms with van der Waals surface area (Å²) in [7, 11) is 0. The monoisotopic (exact) mass is 331 g/mol. The van der Waals surface area contributed by atoms with Gasteiger partial charge in [0.25, 0.3) is 0 Å². The fourth-order valence-corrected chi connectivity index (χ4v) is 3.18. The van der Waals surface area contributed by atoms with E-state index in [9.17, 15) is 9.59 Å². The topological polar surface area (TPSA) is 55.8 Å². The molecule has 1 fully saturated rings. The normalized spacial score (nSPS) is 17.6. The van der Waals surface area contributed by atoms with Crippen molar-refractivity contribution in [2.75, 3.05) is 26.3 Å². The molecule has 5 nitrogen and oxygen atoms in total. The highest BCUT2D eigenvalue weighted by molar-refractivity contribution is 5.96. The highest BCUT2D eigenvalue weighted by Gasteiger charge is 2.20. The summed E-state index contributed by atoms with van der Waals surface area (Å²) in [6, 6.07) is 5.29. The lowest BCUT2D eigenvalue weighted by Crippen LogP contribution is -2.37. The molecule has 0 spiro atoms. The zero-order valence-corrected chi connectivity index (χ0v) is 14.3. The van der Waals surface area contributed by atoms with E-state index in [0.717, 1.165) is 25.9 Å². The molecule has 0 N–H and O–H groups in total. The van der Waals surface area contributed by atoms with Gasteiger partial charge in [-0.15, -0.1) is 0 Å². The highest BCUT2D eigenvalue weighted by atomic mass is 16.6. The van der Waals surface area contributed by atoms with Crippen molar-refractivity contribution in [3.8, 4) is 11.5 Å². The van der Waals surface area contributed by atoms with E-state index < -0.39 is 0 Å². The van der Waals surface area contributed by atoms with Crippen LogP contribution in [0.4, 0.5) is 0 Å². The molecule has 1 amide bonds. The average molecular weight is 331 g/mol. The van der Waals surface area contributed by atoms with E-state index >= 15 is 0 Å². The Bertz CT molecular complexity index is 605. The van der Waals surface area contributed by atoms with Gasteiger partial charge in [-0.05, 0) is 43.4 Å². The summed E-state index contributed by atoms with van der Waals surface area (Å²) in [6.45, 7) is 4.99. The van der Waals surface area contributed by atoms with Crippen molar-refractivity contribution in [2.45, 2.75) is 39.0 Å². The minimum atomic E-state index is 0.0482. The molecular formula is C19H25NO4. The second kappa shape index (κ2) is 7.69. The number of nitrogens with zero attached hydrogens (tertiary/aromatic N) is 1. The lowest BCUT2D eigenvalue weighted by molar-refractivity contribution is -0.132. The summed E-state index contributed by atoms with van der Waals surface area (Å²) < 4.78 is 11.0. The highest BCUT2D eigenvalue weighted by Crippen LogP contribution is 2.31. The molecule has 0 aliphatic carbocycles. The molecule has 0 radical (unpaired) electrons. The van der Waals surface area contributed by atoms with Gasteiger partial charge >= 0.3 is 0 Å². The third kappa shape index (κ3) is 4.08. The van der Waals surface area contributed by atoms with Crippen LogP contribution in [0, 0.1) is 5.92 Å². The van der Waals surface area contributed by atoms with Gasteiger partial charge in [-0.25, -0.2) is 0 Å². The molecule has 24 heavy (non-hydrogen) atoms. The first kappa shape index (κ1) is 16.8. The van der Waals surface area contributed by atoms with Gasteiger partial charge in [0.15, 0.2) is 17.3 Å². The molecule has 3 rings (SSSR count). The third-order valence-electron chi connectivity index (χ3n) is 4.79. The van der Waals surface area contributed by atoms with E-state index in [1.165, 1.54) is 0 Å². The second-order valence-corrected chi connectivity index (χ2v) is 6.70. The van der Waals surface area contributed by atoms with E-state index in [4.69, 9.17) is 9.47 Å². The van der Waals surface area contributed by atoms with Crippen LogP contribution in [0.15, 0.2) is 18.2 Å². The van der Waals surface area contributed by atoms with Crippen molar-refractivity contribution < 1.29 is 19.1 Å². The Labute approximate surface area is 142 Å². The number of hydrogen-bond acceptors (Lipinski definition) is 4. The van der Waals surface area contributed by atoms with Crippen LogP contribution in [0.5, 0.6) is 11.5 Å². The molecular weight excluding hydrogens is 306 g/mol. The molecule has 0 aromatic heterocycles. The van der Waals surface area contributed by atoms with E-state index in [2.05, 4.69) is 6.92 Å². The molecule has 5 heteroatoms. The fourth-order valence-electron chi connectivity index (χ4n) is 3.18. The maximum absolute atomic E-state index is 12.3. The van der Waals surface area contributed by atoms with Gasteiger partial charge in [-0.3, -0.25) is 9.59 Å². The lowest BCUT2D eigenvalue weighted by atomic mass is 9.98. The number of hydrogen-bond donors (Lipinski definition) is 0. The molecule has 2 aliphatic heterocycles. The Morgan fingerprint density at radius 3 is 2.54 bits per heavy atom.